The van der Waals surface area contributed by atoms with Gasteiger partial charge in [0.15, 0.2) is 5.96 Å². The van der Waals surface area contributed by atoms with Gasteiger partial charge in [-0.15, -0.1) is 24.0 Å². The van der Waals surface area contributed by atoms with Crippen LogP contribution >= 0.6 is 35.7 Å². The summed E-state index contributed by atoms with van der Waals surface area (Å²) >= 11 is 1.81. The molecule has 2 aliphatic rings. The van der Waals surface area contributed by atoms with Crippen LogP contribution in [0.2, 0.25) is 0 Å². The van der Waals surface area contributed by atoms with E-state index < -0.39 is 5.60 Å². The number of aliphatic imine (C=N–C) groups is 1. The monoisotopic (exact) mass is 504 g/mol. The van der Waals surface area contributed by atoms with Crippen LogP contribution in [0.3, 0.4) is 0 Å². The van der Waals surface area contributed by atoms with E-state index >= 15 is 0 Å². The molecule has 0 radical (unpaired) electrons. The lowest BCUT2D eigenvalue weighted by Gasteiger charge is -2.35. The van der Waals surface area contributed by atoms with Crippen molar-refractivity contribution in [3.05, 3.63) is 29.8 Å². The fourth-order valence-electron chi connectivity index (χ4n) is 3.55. The normalized spacial score (nSPS) is 25.8. The number of hydrogen-bond donors (Lipinski definition) is 3. The third-order valence-electron chi connectivity index (χ3n) is 5.12. The van der Waals surface area contributed by atoms with E-state index in [1.54, 1.807) is 0 Å². The molecule has 2 atom stereocenters. The Morgan fingerprint density at radius 1 is 1.37 bits per heavy atom. The van der Waals surface area contributed by atoms with E-state index in [0.717, 1.165) is 49.9 Å². The van der Waals surface area contributed by atoms with Crippen LogP contribution in [-0.4, -0.2) is 60.4 Å². The Balaban J connectivity index is 0.00000261. The number of halogens is 1. The standard InChI is InChI=1S/C20H32N4OS.HI/c1-3-21-19(22-14-20(25)10-12-26-15-20)23-17-5-4-11-24(13-17)18-8-6-16(2)7-9-18;/h6-9,17,25H,3-5,10-15H2,1-2H3,(H2,21,22,23);1H. The highest BCUT2D eigenvalue weighted by molar-refractivity contribution is 14.0. The SMILES string of the molecule is CCNC(=NCC1(O)CCSC1)NC1CCCN(c2ccc(C)cc2)C1.I. The zero-order valence-corrected chi connectivity index (χ0v) is 19.6. The molecular weight excluding hydrogens is 471 g/mol. The summed E-state index contributed by atoms with van der Waals surface area (Å²) in [4.78, 5) is 7.13. The highest BCUT2D eigenvalue weighted by Crippen LogP contribution is 2.28. The number of piperidine rings is 1. The zero-order chi connectivity index (χ0) is 18.4. The Kier molecular flexibility index (Phi) is 9.01. The van der Waals surface area contributed by atoms with Crippen LogP contribution in [0.5, 0.6) is 0 Å². The van der Waals surface area contributed by atoms with Crippen molar-refractivity contribution in [3.63, 3.8) is 0 Å². The number of hydrogen-bond acceptors (Lipinski definition) is 4. The molecule has 0 bridgehead atoms. The van der Waals surface area contributed by atoms with Crippen molar-refractivity contribution in [2.45, 2.75) is 44.8 Å². The highest BCUT2D eigenvalue weighted by atomic mass is 127. The summed E-state index contributed by atoms with van der Waals surface area (Å²) in [5.41, 5.74) is 1.96. The second-order valence-electron chi connectivity index (χ2n) is 7.49. The van der Waals surface area contributed by atoms with Gasteiger partial charge in [-0.05, 0) is 51.0 Å². The Morgan fingerprint density at radius 2 is 2.15 bits per heavy atom. The van der Waals surface area contributed by atoms with Crippen LogP contribution in [0.1, 0.15) is 31.7 Å². The molecule has 152 valence electrons. The van der Waals surface area contributed by atoms with Crippen LogP contribution in [-0.2, 0) is 0 Å². The Morgan fingerprint density at radius 3 is 2.81 bits per heavy atom. The molecule has 2 aliphatic heterocycles. The van der Waals surface area contributed by atoms with Crippen LogP contribution < -0.4 is 15.5 Å². The fourth-order valence-corrected chi connectivity index (χ4v) is 4.83. The minimum Gasteiger partial charge on any atom is -0.387 e. The number of thioether (sulfide) groups is 1. The first kappa shape index (κ1) is 22.6. The first-order chi connectivity index (χ1) is 12.6. The molecule has 0 saturated carbocycles. The van der Waals surface area contributed by atoms with Gasteiger partial charge in [0.2, 0.25) is 0 Å². The topological polar surface area (TPSA) is 59.9 Å². The van der Waals surface area contributed by atoms with E-state index in [4.69, 9.17) is 0 Å². The van der Waals surface area contributed by atoms with Crippen LogP contribution in [0.4, 0.5) is 5.69 Å². The van der Waals surface area contributed by atoms with E-state index in [1.165, 1.54) is 17.7 Å². The summed E-state index contributed by atoms with van der Waals surface area (Å²) in [7, 11) is 0. The van der Waals surface area contributed by atoms with Gasteiger partial charge in [-0.25, -0.2) is 0 Å². The maximum absolute atomic E-state index is 10.5. The van der Waals surface area contributed by atoms with Crippen molar-refractivity contribution < 1.29 is 5.11 Å². The number of nitrogens with one attached hydrogen (secondary N) is 2. The van der Waals surface area contributed by atoms with E-state index in [2.05, 4.69) is 58.6 Å². The van der Waals surface area contributed by atoms with Crippen molar-refractivity contribution >= 4 is 47.4 Å². The molecular formula is C20H33IN4OS. The lowest BCUT2D eigenvalue weighted by molar-refractivity contribution is 0.0778. The van der Waals surface area contributed by atoms with E-state index in [0.29, 0.717) is 12.6 Å². The van der Waals surface area contributed by atoms with E-state index in [9.17, 15) is 5.11 Å². The molecule has 0 spiro atoms. The Hall–Kier alpha value is -0.670. The smallest absolute Gasteiger partial charge is 0.191 e. The third-order valence-corrected chi connectivity index (χ3v) is 6.35. The van der Waals surface area contributed by atoms with Crippen LogP contribution in [0.15, 0.2) is 29.3 Å². The van der Waals surface area contributed by atoms with Crippen molar-refractivity contribution in [2.75, 3.05) is 42.6 Å². The van der Waals surface area contributed by atoms with Gasteiger partial charge in [-0.3, -0.25) is 4.99 Å². The van der Waals surface area contributed by atoms with Crippen molar-refractivity contribution in [3.8, 4) is 0 Å². The lowest BCUT2D eigenvalue weighted by atomic mass is 10.0. The lowest BCUT2D eigenvalue weighted by Crippen LogP contribution is -2.51. The number of guanidine groups is 1. The Labute approximate surface area is 184 Å². The average Bonchev–Trinajstić information content (AvgIpc) is 3.08. The predicted octanol–water partition coefficient (Wildman–Crippen LogP) is 3.00. The largest absolute Gasteiger partial charge is 0.387 e. The molecule has 0 aliphatic carbocycles. The molecule has 0 aromatic heterocycles. The quantitative estimate of drug-likeness (QED) is 0.327. The molecule has 1 aromatic rings. The summed E-state index contributed by atoms with van der Waals surface area (Å²) in [6.45, 7) is 7.59. The molecule has 27 heavy (non-hydrogen) atoms. The maximum atomic E-state index is 10.5. The van der Waals surface area contributed by atoms with Crippen molar-refractivity contribution in [1.29, 1.82) is 0 Å². The summed E-state index contributed by atoms with van der Waals surface area (Å²) in [5, 5.41) is 17.5. The van der Waals surface area contributed by atoms with Gasteiger partial charge < -0.3 is 20.6 Å². The number of anilines is 1. The second kappa shape index (κ2) is 10.8. The maximum Gasteiger partial charge on any atom is 0.191 e. The van der Waals surface area contributed by atoms with Gasteiger partial charge in [-0.2, -0.15) is 11.8 Å². The first-order valence-corrected chi connectivity index (χ1v) is 10.9. The molecule has 3 rings (SSSR count). The first-order valence-electron chi connectivity index (χ1n) is 9.74. The second-order valence-corrected chi connectivity index (χ2v) is 8.59. The fraction of sp³-hybridized carbons (Fsp3) is 0.650. The molecule has 0 amide bonds. The molecule has 2 unspecified atom stereocenters. The number of rotatable bonds is 5. The van der Waals surface area contributed by atoms with Gasteiger partial charge in [0.25, 0.3) is 0 Å². The van der Waals surface area contributed by atoms with Gasteiger partial charge in [0.1, 0.15) is 0 Å². The Bertz CT molecular complexity index is 605. The molecule has 2 saturated heterocycles. The third kappa shape index (κ3) is 6.71. The number of aryl methyl sites for hydroxylation is 1. The average molecular weight is 504 g/mol. The van der Waals surface area contributed by atoms with Crippen molar-refractivity contribution in [2.24, 2.45) is 4.99 Å². The van der Waals surface area contributed by atoms with E-state index in [1.807, 2.05) is 11.8 Å². The van der Waals surface area contributed by atoms with Gasteiger partial charge in [0, 0.05) is 37.1 Å². The van der Waals surface area contributed by atoms with Crippen molar-refractivity contribution in [1.82, 2.24) is 10.6 Å². The molecule has 2 heterocycles. The molecule has 5 nitrogen and oxygen atoms in total. The molecule has 2 fully saturated rings. The number of nitrogens with zero attached hydrogens (tertiary/aromatic N) is 2. The zero-order valence-electron chi connectivity index (χ0n) is 16.4. The van der Waals surface area contributed by atoms with Gasteiger partial charge in [0.05, 0.1) is 12.1 Å². The minimum atomic E-state index is -0.631. The summed E-state index contributed by atoms with van der Waals surface area (Å²) in [5.74, 6) is 2.65. The summed E-state index contributed by atoms with van der Waals surface area (Å²) in [6, 6.07) is 9.15. The molecule has 1 aromatic carbocycles. The molecule has 7 heteroatoms. The number of benzene rings is 1. The summed E-state index contributed by atoms with van der Waals surface area (Å²) < 4.78 is 0. The van der Waals surface area contributed by atoms with E-state index in [-0.39, 0.29) is 24.0 Å². The number of aliphatic hydroxyl groups is 1. The summed E-state index contributed by atoms with van der Waals surface area (Å²) in [6.07, 6.45) is 3.16. The van der Waals surface area contributed by atoms with Gasteiger partial charge in [-0.1, -0.05) is 17.7 Å². The van der Waals surface area contributed by atoms with Gasteiger partial charge >= 0.3 is 0 Å². The van der Waals surface area contributed by atoms with Crippen LogP contribution in [0, 0.1) is 6.92 Å². The van der Waals surface area contributed by atoms with Crippen LogP contribution in [0.25, 0.3) is 0 Å². The highest BCUT2D eigenvalue weighted by Gasteiger charge is 2.31. The predicted molar refractivity (Wildman–Crippen MR) is 128 cm³/mol. The molecule has 3 N–H and O–H groups in total. The minimum absolute atomic E-state index is 0.